The summed E-state index contributed by atoms with van der Waals surface area (Å²) in [6, 6.07) is 22.1. The number of carbonyl (C=O) groups excluding carboxylic acids is 1. The lowest BCUT2D eigenvalue weighted by molar-refractivity contribution is 0.203. The van der Waals surface area contributed by atoms with Crippen LogP contribution in [0.4, 0.5) is 9.18 Å². The van der Waals surface area contributed by atoms with Crippen molar-refractivity contribution < 1.29 is 13.7 Å². The second-order valence-electron chi connectivity index (χ2n) is 7.94. The maximum Gasteiger partial charge on any atom is 0.322 e. The van der Waals surface area contributed by atoms with Crippen molar-refractivity contribution in [2.75, 3.05) is 0 Å². The standard InChI is InChI=1S/C26H20ClFN4O2/c1-16-22(25-30-24(31-34-25)19-8-5-9-21(28)14-19)23(18-10-12-20(27)13-11-18)29-26(33)32(16)15-17-6-3-2-4-7-17/h2-14,23H,15H2,1H3,(H,29,33). The molecule has 4 aromatic rings. The summed E-state index contributed by atoms with van der Waals surface area (Å²) < 4.78 is 19.4. The van der Waals surface area contributed by atoms with Gasteiger partial charge in [-0.05, 0) is 42.3 Å². The Morgan fingerprint density at radius 3 is 2.56 bits per heavy atom. The largest absolute Gasteiger partial charge is 0.334 e. The molecule has 1 aliphatic rings. The SMILES string of the molecule is CC1=C(c2nc(-c3cccc(F)c3)no2)C(c2ccc(Cl)cc2)NC(=O)N1Cc1ccccc1. The van der Waals surface area contributed by atoms with Gasteiger partial charge in [-0.25, -0.2) is 9.18 Å². The van der Waals surface area contributed by atoms with Crippen LogP contribution in [0.3, 0.4) is 0 Å². The molecule has 1 atom stereocenters. The van der Waals surface area contributed by atoms with Crippen LogP contribution in [0.2, 0.25) is 5.02 Å². The van der Waals surface area contributed by atoms with Gasteiger partial charge in [0.1, 0.15) is 5.82 Å². The van der Waals surface area contributed by atoms with Crippen molar-refractivity contribution in [1.29, 1.82) is 0 Å². The van der Waals surface area contributed by atoms with Crippen LogP contribution in [0.15, 0.2) is 89.1 Å². The highest BCUT2D eigenvalue weighted by Crippen LogP contribution is 2.38. The van der Waals surface area contributed by atoms with Gasteiger partial charge in [0.05, 0.1) is 18.2 Å². The minimum absolute atomic E-state index is 0.241. The minimum atomic E-state index is -0.530. The number of hydrogen-bond acceptors (Lipinski definition) is 4. The maximum atomic E-state index is 13.7. The van der Waals surface area contributed by atoms with Gasteiger partial charge in [0.15, 0.2) is 0 Å². The van der Waals surface area contributed by atoms with Gasteiger partial charge in [0.2, 0.25) is 5.82 Å². The number of aromatic nitrogens is 2. The molecule has 0 aliphatic carbocycles. The number of hydrogen-bond donors (Lipinski definition) is 1. The van der Waals surface area contributed by atoms with Gasteiger partial charge in [-0.3, -0.25) is 4.90 Å². The lowest BCUT2D eigenvalue weighted by atomic mass is 9.94. The van der Waals surface area contributed by atoms with E-state index >= 15 is 0 Å². The Labute approximate surface area is 200 Å². The molecule has 2 amide bonds. The first-order chi connectivity index (χ1) is 16.5. The summed E-state index contributed by atoms with van der Waals surface area (Å²) in [4.78, 5) is 19.3. The first-order valence-corrected chi connectivity index (χ1v) is 11.1. The van der Waals surface area contributed by atoms with Crippen LogP contribution in [0, 0.1) is 5.82 Å². The molecule has 0 saturated carbocycles. The quantitative estimate of drug-likeness (QED) is 0.372. The van der Waals surface area contributed by atoms with Gasteiger partial charge < -0.3 is 9.84 Å². The first-order valence-electron chi connectivity index (χ1n) is 10.7. The van der Waals surface area contributed by atoms with Gasteiger partial charge in [-0.2, -0.15) is 4.98 Å². The zero-order valence-corrected chi connectivity index (χ0v) is 19.0. The van der Waals surface area contributed by atoms with Gasteiger partial charge >= 0.3 is 6.03 Å². The van der Waals surface area contributed by atoms with E-state index in [4.69, 9.17) is 16.1 Å². The minimum Gasteiger partial charge on any atom is -0.334 e. The molecule has 0 saturated heterocycles. The average molecular weight is 475 g/mol. The number of nitrogens with zero attached hydrogens (tertiary/aromatic N) is 3. The zero-order valence-electron chi connectivity index (χ0n) is 18.2. The monoisotopic (exact) mass is 474 g/mol. The van der Waals surface area contributed by atoms with Crippen LogP contribution in [0.1, 0.15) is 30.0 Å². The molecule has 2 heterocycles. The van der Waals surface area contributed by atoms with Crippen LogP contribution >= 0.6 is 11.6 Å². The van der Waals surface area contributed by atoms with Crippen LogP contribution in [-0.4, -0.2) is 21.1 Å². The Bertz CT molecular complexity index is 1370. The molecule has 0 fully saturated rings. The Morgan fingerprint density at radius 1 is 1.06 bits per heavy atom. The van der Waals surface area contributed by atoms with E-state index in [1.165, 1.54) is 12.1 Å². The number of urea groups is 1. The van der Waals surface area contributed by atoms with Crippen molar-refractivity contribution in [2.45, 2.75) is 19.5 Å². The number of benzene rings is 3. The van der Waals surface area contributed by atoms with Crippen molar-refractivity contribution in [2.24, 2.45) is 0 Å². The Hall–Kier alpha value is -3.97. The fourth-order valence-electron chi connectivity index (χ4n) is 4.00. The molecule has 0 radical (unpaired) electrons. The fraction of sp³-hybridized carbons (Fsp3) is 0.115. The zero-order chi connectivity index (χ0) is 23.7. The van der Waals surface area contributed by atoms with E-state index in [-0.39, 0.29) is 17.7 Å². The molecule has 1 aromatic heterocycles. The second-order valence-corrected chi connectivity index (χ2v) is 8.37. The number of allylic oxidation sites excluding steroid dienone is 1. The van der Waals surface area contributed by atoms with Crippen molar-refractivity contribution in [1.82, 2.24) is 20.4 Å². The molecular weight excluding hydrogens is 455 g/mol. The van der Waals surface area contributed by atoms with E-state index in [0.717, 1.165) is 11.1 Å². The smallest absolute Gasteiger partial charge is 0.322 e. The molecule has 1 N–H and O–H groups in total. The molecule has 1 unspecified atom stereocenters. The number of rotatable bonds is 5. The van der Waals surface area contributed by atoms with Gasteiger partial charge in [-0.15, -0.1) is 0 Å². The van der Waals surface area contributed by atoms with Gasteiger partial charge in [-0.1, -0.05) is 71.4 Å². The normalized spacial score (nSPS) is 16.0. The maximum absolute atomic E-state index is 13.7. The van der Waals surface area contributed by atoms with E-state index in [1.54, 1.807) is 29.2 Å². The van der Waals surface area contributed by atoms with Crippen molar-refractivity contribution in [3.8, 4) is 11.4 Å². The highest BCUT2D eigenvalue weighted by molar-refractivity contribution is 6.30. The lowest BCUT2D eigenvalue weighted by Gasteiger charge is -2.35. The summed E-state index contributed by atoms with van der Waals surface area (Å²) in [6.45, 7) is 2.23. The lowest BCUT2D eigenvalue weighted by Crippen LogP contribution is -2.45. The molecule has 8 heteroatoms. The van der Waals surface area contributed by atoms with Gasteiger partial charge in [0, 0.05) is 16.3 Å². The topological polar surface area (TPSA) is 71.3 Å². The Kier molecular flexibility index (Phi) is 5.86. The highest BCUT2D eigenvalue weighted by Gasteiger charge is 2.35. The average Bonchev–Trinajstić information content (AvgIpc) is 3.32. The number of nitrogens with one attached hydrogen (secondary N) is 1. The summed E-state index contributed by atoms with van der Waals surface area (Å²) in [5.41, 5.74) is 3.64. The van der Waals surface area contributed by atoms with E-state index in [2.05, 4.69) is 15.5 Å². The Morgan fingerprint density at radius 2 is 1.82 bits per heavy atom. The molecule has 1 aliphatic heterocycles. The van der Waals surface area contributed by atoms with Crippen molar-refractivity contribution in [3.05, 3.63) is 112 Å². The second kappa shape index (κ2) is 9.11. The van der Waals surface area contributed by atoms with Crippen LogP contribution < -0.4 is 5.32 Å². The third-order valence-corrected chi connectivity index (χ3v) is 5.97. The predicted molar refractivity (Wildman–Crippen MR) is 127 cm³/mol. The van der Waals surface area contributed by atoms with Crippen LogP contribution in [-0.2, 0) is 6.54 Å². The summed E-state index contributed by atoms with van der Waals surface area (Å²) in [6.07, 6.45) is 0. The molecule has 5 rings (SSSR count). The highest BCUT2D eigenvalue weighted by atomic mass is 35.5. The molecule has 0 bridgehead atoms. The van der Waals surface area contributed by atoms with E-state index in [1.807, 2.05) is 49.4 Å². The van der Waals surface area contributed by atoms with Crippen LogP contribution in [0.5, 0.6) is 0 Å². The first kappa shape index (κ1) is 21.9. The molecule has 6 nitrogen and oxygen atoms in total. The number of amides is 2. The summed E-state index contributed by atoms with van der Waals surface area (Å²) >= 11 is 6.08. The van der Waals surface area contributed by atoms with Crippen LogP contribution in [0.25, 0.3) is 17.0 Å². The number of halogens is 2. The van der Waals surface area contributed by atoms with Gasteiger partial charge in [0.25, 0.3) is 5.89 Å². The molecule has 3 aromatic carbocycles. The van der Waals surface area contributed by atoms with E-state index in [0.29, 0.717) is 28.4 Å². The molecule has 34 heavy (non-hydrogen) atoms. The summed E-state index contributed by atoms with van der Waals surface area (Å²) in [5.74, 6) is 0.114. The fourth-order valence-corrected chi connectivity index (χ4v) is 4.12. The van der Waals surface area contributed by atoms with E-state index in [9.17, 15) is 9.18 Å². The third kappa shape index (κ3) is 4.30. The van der Waals surface area contributed by atoms with Crippen molar-refractivity contribution in [3.63, 3.8) is 0 Å². The predicted octanol–water partition coefficient (Wildman–Crippen LogP) is 6.23. The molecule has 170 valence electrons. The Balaban J connectivity index is 1.60. The third-order valence-electron chi connectivity index (χ3n) is 5.72. The number of carbonyl (C=O) groups is 1. The molecular formula is C26H20ClFN4O2. The molecule has 0 spiro atoms. The van der Waals surface area contributed by atoms with Crippen molar-refractivity contribution >= 4 is 23.2 Å². The van der Waals surface area contributed by atoms with E-state index < -0.39 is 11.9 Å². The summed E-state index contributed by atoms with van der Waals surface area (Å²) in [5, 5.41) is 7.71. The summed E-state index contributed by atoms with van der Waals surface area (Å²) in [7, 11) is 0.